The summed E-state index contributed by atoms with van der Waals surface area (Å²) in [6, 6.07) is 9.07. The molecule has 90 valence electrons. The molecular formula is C12H10ClN5. The molecule has 0 saturated heterocycles. The number of aromatic nitrogens is 4. The van der Waals surface area contributed by atoms with E-state index in [9.17, 15) is 0 Å². The Morgan fingerprint density at radius 3 is 2.78 bits per heavy atom. The van der Waals surface area contributed by atoms with Gasteiger partial charge in [0.05, 0.1) is 16.3 Å². The molecule has 0 spiro atoms. The summed E-state index contributed by atoms with van der Waals surface area (Å²) in [5.74, 6) is 0.553. The highest BCUT2D eigenvalue weighted by atomic mass is 35.5. The molecule has 3 rings (SSSR count). The monoisotopic (exact) mass is 259 g/mol. The molecule has 3 aromatic rings. The second-order valence-electron chi connectivity index (χ2n) is 3.97. The second kappa shape index (κ2) is 3.96. The predicted octanol–water partition coefficient (Wildman–Crippen LogP) is 2.34. The number of halogens is 1. The molecule has 2 N–H and O–H groups in total. The van der Waals surface area contributed by atoms with Crippen LogP contribution in [0.2, 0.25) is 5.02 Å². The summed E-state index contributed by atoms with van der Waals surface area (Å²) >= 11 is 6.17. The number of nitrogens with two attached hydrogens (primary N) is 1. The van der Waals surface area contributed by atoms with E-state index in [0.29, 0.717) is 27.7 Å². The van der Waals surface area contributed by atoms with Gasteiger partial charge in [0.15, 0.2) is 11.5 Å². The summed E-state index contributed by atoms with van der Waals surface area (Å²) in [4.78, 5) is 0. The smallest absolute Gasteiger partial charge is 0.188 e. The lowest BCUT2D eigenvalue weighted by Gasteiger charge is -2.05. The zero-order chi connectivity index (χ0) is 12.7. The highest BCUT2D eigenvalue weighted by Crippen LogP contribution is 2.31. The van der Waals surface area contributed by atoms with Crippen LogP contribution in [-0.4, -0.2) is 19.8 Å². The molecule has 0 amide bonds. The van der Waals surface area contributed by atoms with Crippen molar-refractivity contribution in [2.24, 2.45) is 0 Å². The minimum Gasteiger partial charge on any atom is -0.398 e. The van der Waals surface area contributed by atoms with Crippen LogP contribution in [0.3, 0.4) is 0 Å². The minimum absolute atomic E-state index is 0.535. The van der Waals surface area contributed by atoms with Gasteiger partial charge in [-0.05, 0) is 31.2 Å². The Balaban J connectivity index is 2.35. The van der Waals surface area contributed by atoms with E-state index >= 15 is 0 Å². The molecule has 5 nitrogen and oxygen atoms in total. The van der Waals surface area contributed by atoms with Crippen molar-refractivity contribution in [2.45, 2.75) is 6.92 Å². The first kappa shape index (κ1) is 11.0. The van der Waals surface area contributed by atoms with Crippen LogP contribution >= 0.6 is 11.6 Å². The Morgan fingerprint density at radius 2 is 2.00 bits per heavy atom. The fourth-order valence-electron chi connectivity index (χ4n) is 1.81. The van der Waals surface area contributed by atoms with E-state index in [1.807, 2.05) is 19.1 Å². The van der Waals surface area contributed by atoms with Crippen LogP contribution in [0, 0.1) is 6.92 Å². The van der Waals surface area contributed by atoms with Gasteiger partial charge in [0, 0.05) is 5.69 Å². The molecule has 0 fully saturated rings. The first-order chi connectivity index (χ1) is 8.66. The average Bonchev–Trinajstić information content (AvgIpc) is 2.72. The van der Waals surface area contributed by atoms with E-state index in [0.717, 1.165) is 5.69 Å². The van der Waals surface area contributed by atoms with Crippen LogP contribution in [-0.2, 0) is 0 Å². The normalized spacial score (nSPS) is 11.0. The lowest BCUT2D eigenvalue weighted by Crippen LogP contribution is -1.99. The van der Waals surface area contributed by atoms with Crippen molar-refractivity contribution in [1.82, 2.24) is 19.8 Å². The SMILES string of the molecule is Cc1ccc2nnc(-c3c(N)cccc3Cl)n2n1. The zero-order valence-electron chi connectivity index (χ0n) is 9.63. The molecule has 0 aliphatic heterocycles. The molecule has 0 atom stereocenters. The third kappa shape index (κ3) is 1.60. The molecule has 18 heavy (non-hydrogen) atoms. The number of hydrogen-bond acceptors (Lipinski definition) is 4. The van der Waals surface area contributed by atoms with Crippen LogP contribution in [0.5, 0.6) is 0 Å². The standard InChI is InChI=1S/C12H10ClN5/c1-7-5-6-10-15-16-12(18(10)17-7)11-8(13)3-2-4-9(11)14/h2-6H,14H2,1H3. The first-order valence-electron chi connectivity index (χ1n) is 5.40. The van der Waals surface area contributed by atoms with Crippen LogP contribution in [0.15, 0.2) is 30.3 Å². The summed E-state index contributed by atoms with van der Waals surface area (Å²) < 4.78 is 1.65. The average molecular weight is 260 g/mol. The van der Waals surface area contributed by atoms with E-state index in [-0.39, 0.29) is 0 Å². The van der Waals surface area contributed by atoms with Crippen molar-refractivity contribution >= 4 is 22.9 Å². The number of nitrogen functional groups attached to an aromatic ring is 1. The molecule has 0 aliphatic rings. The number of anilines is 1. The van der Waals surface area contributed by atoms with Crippen molar-refractivity contribution in [3.05, 3.63) is 41.0 Å². The van der Waals surface area contributed by atoms with Crippen LogP contribution in [0.25, 0.3) is 17.0 Å². The Hall–Kier alpha value is -2.14. The summed E-state index contributed by atoms with van der Waals surface area (Å²) in [6.07, 6.45) is 0. The minimum atomic E-state index is 0.535. The summed E-state index contributed by atoms with van der Waals surface area (Å²) in [5, 5.41) is 13.1. The molecule has 0 aliphatic carbocycles. The Morgan fingerprint density at radius 1 is 1.17 bits per heavy atom. The van der Waals surface area contributed by atoms with Gasteiger partial charge >= 0.3 is 0 Å². The second-order valence-corrected chi connectivity index (χ2v) is 4.38. The third-order valence-corrected chi connectivity index (χ3v) is 2.98. The lowest BCUT2D eigenvalue weighted by atomic mass is 10.1. The van der Waals surface area contributed by atoms with Gasteiger partial charge in [0.25, 0.3) is 0 Å². The molecule has 0 radical (unpaired) electrons. The van der Waals surface area contributed by atoms with Crippen molar-refractivity contribution in [3.8, 4) is 11.4 Å². The molecule has 6 heteroatoms. The first-order valence-corrected chi connectivity index (χ1v) is 5.78. The number of aryl methyl sites for hydroxylation is 1. The number of fused-ring (bicyclic) bond motifs is 1. The Bertz CT molecular complexity index is 714. The van der Waals surface area contributed by atoms with Gasteiger partial charge in [-0.1, -0.05) is 17.7 Å². The molecule has 2 aromatic heterocycles. The van der Waals surface area contributed by atoms with E-state index in [1.54, 1.807) is 22.7 Å². The fraction of sp³-hybridized carbons (Fsp3) is 0.0833. The van der Waals surface area contributed by atoms with Crippen LogP contribution < -0.4 is 5.73 Å². The molecule has 2 heterocycles. The largest absolute Gasteiger partial charge is 0.398 e. The number of hydrogen-bond donors (Lipinski definition) is 1. The van der Waals surface area contributed by atoms with Crippen LogP contribution in [0.1, 0.15) is 5.69 Å². The van der Waals surface area contributed by atoms with Crippen LogP contribution in [0.4, 0.5) is 5.69 Å². The molecule has 0 saturated carbocycles. The number of nitrogens with zero attached hydrogens (tertiary/aromatic N) is 4. The van der Waals surface area contributed by atoms with E-state index in [2.05, 4.69) is 15.3 Å². The van der Waals surface area contributed by atoms with Crippen molar-refractivity contribution in [1.29, 1.82) is 0 Å². The van der Waals surface area contributed by atoms with Crippen molar-refractivity contribution < 1.29 is 0 Å². The summed E-state index contributed by atoms with van der Waals surface area (Å²) in [7, 11) is 0. The topological polar surface area (TPSA) is 69.1 Å². The van der Waals surface area contributed by atoms with Gasteiger partial charge in [-0.15, -0.1) is 10.2 Å². The van der Waals surface area contributed by atoms with Gasteiger partial charge in [0.1, 0.15) is 0 Å². The highest BCUT2D eigenvalue weighted by molar-refractivity contribution is 6.33. The lowest BCUT2D eigenvalue weighted by molar-refractivity contribution is 0.902. The van der Waals surface area contributed by atoms with E-state index < -0.39 is 0 Å². The third-order valence-electron chi connectivity index (χ3n) is 2.67. The molecular weight excluding hydrogens is 250 g/mol. The van der Waals surface area contributed by atoms with Gasteiger partial charge in [0.2, 0.25) is 0 Å². The molecule has 1 aromatic carbocycles. The maximum Gasteiger partial charge on any atom is 0.188 e. The van der Waals surface area contributed by atoms with Gasteiger partial charge in [-0.3, -0.25) is 0 Å². The summed E-state index contributed by atoms with van der Waals surface area (Å²) in [6.45, 7) is 1.90. The maximum absolute atomic E-state index is 6.17. The van der Waals surface area contributed by atoms with Crippen molar-refractivity contribution in [2.75, 3.05) is 5.73 Å². The Kier molecular flexibility index (Phi) is 2.41. The number of benzene rings is 1. The molecule has 0 bridgehead atoms. The van der Waals surface area contributed by atoms with Gasteiger partial charge in [-0.2, -0.15) is 9.61 Å². The number of rotatable bonds is 1. The van der Waals surface area contributed by atoms with Crippen molar-refractivity contribution in [3.63, 3.8) is 0 Å². The van der Waals surface area contributed by atoms with Gasteiger partial charge < -0.3 is 5.73 Å². The van der Waals surface area contributed by atoms with E-state index in [4.69, 9.17) is 17.3 Å². The molecule has 0 unspecified atom stereocenters. The Labute approximate surface area is 108 Å². The maximum atomic E-state index is 6.17. The quantitative estimate of drug-likeness (QED) is 0.681. The predicted molar refractivity (Wildman–Crippen MR) is 70.4 cm³/mol. The summed E-state index contributed by atoms with van der Waals surface area (Å²) in [5.41, 5.74) is 8.69. The highest BCUT2D eigenvalue weighted by Gasteiger charge is 2.15. The zero-order valence-corrected chi connectivity index (χ0v) is 10.4. The van der Waals surface area contributed by atoms with E-state index in [1.165, 1.54) is 0 Å². The fourth-order valence-corrected chi connectivity index (χ4v) is 2.08. The van der Waals surface area contributed by atoms with Gasteiger partial charge in [-0.25, -0.2) is 0 Å².